The fourth-order valence-electron chi connectivity index (χ4n) is 1.47. The Hall–Kier alpha value is -0.310. The molecule has 1 N–H and O–H groups in total. The number of hydrogen-bond acceptors (Lipinski definition) is 2. The van der Waals surface area contributed by atoms with Crippen LogP contribution < -0.4 is 5.32 Å². The lowest BCUT2D eigenvalue weighted by Gasteiger charge is -2.12. The quantitative estimate of drug-likeness (QED) is 0.748. The van der Waals surface area contributed by atoms with Gasteiger partial charge in [-0.05, 0) is 24.4 Å². The second-order valence-corrected chi connectivity index (χ2v) is 4.10. The van der Waals surface area contributed by atoms with E-state index in [2.05, 4.69) is 28.9 Å². The van der Waals surface area contributed by atoms with Crippen molar-refractivity contribution in [2.24, 2.45) is 0 Å². The molecule has 2 rings (SSSR count). The molecule has 0 atom stereocenters. The number of hydrogen-bond donors (Lipinski definition) is 1. The zero-order valence-electron chi connectivity index (χ0n) is 7.45. The second-order valence-electron chi connectivity index (χ2n) is 3.07. The van der Waals surface area contributed by atoms with E-state index in [0.717, 1.165) is 13.1 Å². The Morgan fingerprint density at radius 1 is 1.46 bits per heavy atom. The summed E-state index contributed by atoms with van der Waals surface area (Å²) < 4.78 is 0. The Labute approximate surface area is 89.3 Å². The number of nitrogens with one attached hydrogen (secondary N) is 1. The highest BCUT2D eigenvalue weighted by atomic mass is 35.5. The largest absolute Gasteiger partial charge is 0.313 e. The topological polar surface area (TPSA) is 12.0 Å². The Morgan fingerprint density at radius 3 is 3.00 bits per heavy atom. The Bertz CT molecular complexity index is 266. The zero-order valence-corrected chi connectivity index (χ0v) is 9.09. The first-order chi connectivity index (χ1) is 5.95. The molecule has 1 aliphatic rings. The van der Waals surface area contributed by atoms with Crippen molar-refractivity contribution in [1.29, 1.82) is 0 Å². The average molecular weight is 216 g/mol. The van der Waals surface area contributed by atoms with Crippen LogP contribution in [0.5, 0.6) is 0 Å². The minimum Gasteiger partial charge on any atom is -0.313 e. The normalized spacial score (nSPS) is 16.2. The summed E-state index contributed by atoms with van der Waals surface area (Å²) in [5.41, 5.74) is 1.59. The van der Waals surface area contributed by atoms with Crippen LogP contribution in [0.4, 0.5) is 0 Å². The highest BCUT2D eigenvalue weighted by molar-refractivity contribution is 7.09. The van der Waals surface area contributed by atoms with Gasteiger partial charge in [0.05, 0.1) is 0 Å². The summed E-state index contributed by atoms with van der Waals surface area (Å²) >= 11 is 1.86. The first kappa shape index (κ1) is 10.8. The maximum atomic E-state index is 3.32. The van der Waals surface area contributed by atoms with Crippen LogP contribution >= 0.6 is 23.7 Å². The van der Waals surface area contributed by atoms with Crippen LogP contribution in [0.15, 0.2) is 29.2 Å². The van der Waals surface area contributed by atoms with Gasteiger partial charge in [-0.2, -0.15) is 0 Å². The molecule has 1 aromatic heterocycles. The van der Waals surface area contributed by atoms with Gasteiger partial charge < -0.3 is 5.32 Å². The maximum Gasteiger partial charge on any atom is 0.0137 e. The minimum absolute atomic E-state index is 0. The molecule has 0 saturated carbocycles. The van der Waals surface area contributed by atoms with Crippen molar-refractivity contribution in [3.8, 4) is 0 Å². The van der Waals surface area contributed by atoms with E-state index in [9.17, 15) is 0 Å². The molecule has 0 unspecified atom stereocenters. The molecule has 1 nitrogen and oxygen atoms in total. The fraction of sp³-hybridized carbons (Fsp3) is 0.400. The molecule has 2 heterocycles. The molecule has 0 saturated heterocycles. The van der Waals surface area contributed by atoms with Gasteiger partial charge in [0.25, 0.3) is 0 Å². The Kier molecular flexibility index (Phi) is 4.50. The van der Waals surface area contributed by atoms with E-state index in [1.165, 1.54) is 17.7 Å². The molecule has 1 aliphatic heterocycles. The summed E-state index contributed by atoms with van der Waals surface area (Å²) in [6, 6.07) is 4.34. The molecular weight excluding hydrogens is 202 g/mol. The molecule has 13 heavy (non-hydrogen) atoms. The van der Waals surface area contributed by atoms with E-state index < -0.39 is 0 Å². The Morgan fingerprint density at radius 2 is 2.38 bits per heavy atom. The van der Waals surface area contributed by atoms with Crippen LogP contribution in [-0.4, -0.2) is 13.1 Å². The van der Waals surface area contributed by atoms with Gasteiger partial charge in [0.2, 0.25) is 0 Å². The van der Waals surface area contributed by atoms with Gasteiger partial charge in [-0.15, -0.1) is 23.7 Å². The van der Waals surface area contributed by atoms with Gasteiger partial charge in [-0.25, -0.2) is 0 Å². The summed E-state index contributed by atoms with van der Waals surface area (Å²) in [6.07, 6.45) is 4.71. The lowest BCUT2D eigenvalue weighted by atomic mass is 10.1. The number of thiophene rings is 1. The lowest BCUT2D eigenvalue weighted by molar-refractivity contribution is 0.693. The van der Waals surface area contributed by atoms with Crippen molar-refractivity contribution < 1.29 is 0 Å². The predicted molar refractivity (Wildman–Crippen MR) is 60.8 cm³/mol. The molecule has 0 radical (unpaired) electrons. The number of halogens is 1. The summed E-state index contributed by atoms with van der Waals surface area (Å²) in [6.45, 7) is 2.21. The van der Waals surface area contributed by atoms with Crippen molar-refractivity contribution >= 4 is 23.7 Å². The van der Waals surface area contributed by atoms with Crippen LogP contribution in [0.3, 0.4) is 0 Å². The second kappa shape index (κ2) is 5.43. The third kappa shape index (κ3) is 3.14. The molecule has 0 spiro atoms. The van der Waals surface area contributed by atoms with Gasteiger partial charge in [0.15, 0.2) is 0 Å². The van der Waals surface area contributed by atoms with Crippen LogP contribution in [0.25, 0.3) is 0 Å². The molecule has 0 bridgehead atoms. The van der Waals surface area contributed by atoms with Gasteiger partial charge in [-0.1, -0.05) is 17.7 Å². The van der Waals surface area contributed by atoms with Crippen molar-refractivity contribution in [3.63, 3.8) is 0 Å². The summed E-state index contributed by atoms with van der Waals surface area (Å²) in [4.78, 5) is 1.49. The van der Waals surface area contributed by atoms with Crippen molar-refractivity contribution in [2.75, 3.05) is 13.1 Å². The summed E-state index contributed by atoms with van der Waals surface area (Å²) in [7, 11) is 0. The molecule has 0 amide bonds. The van der Waals surface area contributed by atoms with Gasteiger partial charge in [-0.3, -0.25) is 0 Å². The number of rotatable bonds is 2. The molecule has 0 aliphatic carbocycles. The van der Waals surface area contributed by atoms with E-state index >= 15 is 0 Å². The molecule has 3 heteroatoms. The zero-order chi connectivity index (χ0) is 8.23. The van der Waals surface area contributed by atoms with Crippen molar-refractivity contribution in [2.45, 2.75) is 12.8 Å². The highest BCUT2D eigenvalue weighted by Crippen LogP contribution is 2.16. The minimum atomic E-state index is 0. The summed E-state index contributed by atoms with van der Waals surface area (Å²) in [5, 5.41) is 5.47. The van der Waals surface area contributed by atoms with Gasteiger partial charge in [0.1, 0.15) is 0 Å². The highest BCUT2D eigenvalue weighted by Gasteiger charge is 2.03. The van der Waals surface area contributed by atoms with E-state index in [1.54, 1.807) is 5.57 Å². The lowest BCUT2D eigenvalue weighted by Crippen LogP contribution is -2.20. The SMILES string of the molecule is C1=C(Cc2cccs2)CCNC1.Cl. The third-order valence-corrected chi connectivity index (χ3v) is 3.02. The van der Waals surface area contributed by atoms with Crippen LogP contribution in [-0.2, 0) is 6.42 Å². The van der Waals surface area contributed by atoms with Gasteiger partial charge in [0, 0.05) is 17.8 Å². The van der Waals surface area contributed by atoms with E-state index in [4.69, 9.17) is 0 Å². The first-order valence-electron chi connectivity index (χ1n) is 4.36. The third-order valence-electron chi connectivity index (χ3n) is 2.14. The first-order valence-corrected chi connectivity index (χ1v) is 5.24. The van der Waals surface area contributed by atoms with Crippen LogP contribution in [0.1, 0.15) is 11.3 Å². The molecule has 0 fully saturated rings. The molecule has 0 aromatic carbocycles. The van der Waals surface area contributed by atoms with Crippen molar-refractivity contribution in [1.82, 2.24) is 5.32 Å². The maximum absolute atomic E-state index is 3.32. The molecule has 72 valence electrons. The predicted octanol–water partition coefficient (Wildman–Crippen LogP) is 2.63. The average Bonchev–Trinajstić information content (AvgIpc) is 2.59. The monoisotopic (exact) mass is 215 g/mol. The van der Waals surface area contributed by atoms with E-state index in [1.807, 2.05) is 11.3 Å². The fourth-order valence-corrected chi connectivity index (χ4v) is 2.22. The van der Waals surface area contributed by atoms with Gasteiger partial charge >= 0.3 is 0 Å². The molecule has 1 aromatic rings. The molecular formula is C10H14ClNS. The van der Waals surface area contributed by atoms with E-state index in [-0.39, 0.29) is 12.4 Å². The van der Waals surface area contributed by atoms with E-state index in [0.29, 0.717) is 0 Å². The standard InChI is InChI=1S/C10H13NS.ClH/c1-2-10(12-7-1)8-9-3-5-11-6-4-9;/h1-3,7,11H,4-6,8H2;1H. The van der Waals surface area contributed by atoms with Crippen LogP contribution in [0, 0.1) is 0 Å². The summed E-state index contributed by atoms with van der Waals surface area (Å²) in [5.74, 6) is 0. The smallest absolute Gasteiger partial charge is 0.0137 e. The van der Waals surface area contributed by atoms with Crippen molar-refractivity contribution in [3.05, 3.63) is 34.0 Å². The Balaban J connectivity index is 0.000000845. The van der Waals surface area contributed by atoms with Crippen LogP contribution in [0.2, 0.25) is 0 Å².